The van der Waals surface area contributed by atoms with Crippen LogP contribution in [0.4, 0.5) is 5.69 Å². The molecular formula is C14H11BrN6O3. The molecule has 0 aliphatic rings. The summed E-state index contributed by atoms with van der Waals surface area (Å²) in [5.41, 5.74) is 0.499. The number of hydrogen-bond acceptors (Lipinski definition) is 6. The third kappa shape index (κ3) is 3.84. The molecular weight excluding hydrogens is 380 g/mol. The fraction of sp³-hybridized carbons (Fsp3) is 0.0714. The van der Waals surface area contributed by atoms with Gasteiger partial charge in [-0.25, -0.2) is 14.6 Å². The van der Waals surface area contributed by atoms with Gasteiger partial charge in [0, 0.05) is 0 Å². The van der Waals surface area contributed by atoms with Gasteiger partial charge in [0.2, 0.25) is 5.91 Å². The molecule has 2 N–H and O–H groups in total. The van der Waals surface area contributed by atoms with E-state index in [9.17, 15) is 9.59 Å². The summed E-state index contributed by atoms with van der Waals surface area (Å²) >= 11 is 3.10. The van der Waals surface area contributed by atoms with Crippen LogP contribution in [0.15, 0.2) is 52.2 Å². The summed E-state index contributed by atoms with van der Waals surface area (Å²) in [5, 5.41) is 9.04. The molecule has 0 aliphatic carbocycles. The molecule has 3 aromatic rings. The van der Waals surface area contributed by atoms with Gasteiger partial charge in [0.05, 0.1) is 18.4 Å². The summed E-state index contributed by atoms with van der Waals surface area (Å²) in [6.07, 6.45) is 4.40. The predicted octanol–water partition coefficient (Wildman–Crippen LogP) is 1.39. The lowest BCUT2D eigenvalue weighted by Gasteiger charge is -2.06. The van der Waals surface area contributed by atoms with Gasteiger partial charge in [-0.2, -0.15) is 5.10 Å². The minimum atomic E-state index is -0.476. The number of halogens is 1. The summed E-state index contributed by atoms with van der Waals surface area (Å²) in [5.74, 6) is -0.171. The van der Waals surface area contributed by atoms with E-state index >= 15 is 0 Å². The minimum absolute atomic E-state index is 0.119. The number of rotatable bonds is 5. The SMILES string of the molecule is O=C(CNC(=O)c1ccc(Br)o1)Nc1ccc(-n2cncn2)nc1. The van der Waals surface area contributed by atoms with Gasteiger partial charge in [0.25, 0.3) is 5.91 Å². The van der Waals surface area contributed by atoms with Gasteiger partial charge in [-0.05, 0) is 40.2 Å². The van der Waals surface area contributed by atoms with Crippen molar-refractivity contribution < 1.29 is 14.0 Å². The average Bonchev–Trinajstić information content (AvgIpc) is 3.25. The normalized spacial score (nSPS) is 10.4. The van der Waals surface area contributed by atoms with E-state index in [4.69, 9.17) is 4.42 Å². The van der Waals surface area contributed by atoms with Crippen LogP contribution in [-0.2, 0) is 4.79 Å². The monoisotopic (exact) mass is 390 g/mol. The number of amides is 2. The van der Waals surface area contributed by atoms with Crippen molar-refractivity contribution in [1.29, 1.82) is 0 Å². The first-order valence-corrected chi connectivity index (χ1v) is 7.55. The molecule has 0 aliphatic heterocycles. The highest BCUT2D eigenvalue weighted by Crippen LogP contribution is 2.13. The molecule has 3 heterocycles. The first kappa shape index (κ1) is 15.9. The van der Waals surface area contributed by atoms with E-state index in [1.54, 1.807) is 18.2 Å². The molecule has 24 heavy (non-hydrogen) atoms. The van der Waals surface area contributed by atoms with Crippen molar-refractivity contribution in [2.45, 2.75) is 0 Å². The van der Waals surface area contributed by atoms with E-state index in [2.05, 4.69) is 41.6 Å². The van der Waals surface area contributed by atoms with Crippen LogP contribution in [0, 0.1) is 0 Å². The summed E-state index contributed by atoms with van der Waals surface area (Å²) in [7, 11) is 0. The van der Waals surface area contributed by atoms with Crippen LogP contribution in [0.1, 0.15) is 10.6 Å². The molecule has 0 spiro atoms. The number of carbonyl (C=O) groups excluding carboxylic acids is 2. The molecule has 0 aromatic carbocycles. The van der Waals surface area contributed by atoms with E-state index in [1.165, 1.54) is 29.6 Å². The highest BCUT2D eigenvalue weighted by Gasteiger charge is 2.12. The number of carbonyl (C=O) groups is 2. The number of hydrogen-bond donors (Lipinski definition) is 2. The zero-order valence-electron chi connectivity index (χ0n) is 12.1. The van der Waals surface area contributed by atoms with Crippen LogP contribution in [0.5, 0.6) is 0 Å². The number of anilines is 1. The minimum Gasteiger partial charge on any atom is -0.444 e. The van der Waals surface area contributed by atoms with Gasteiger partial charge < -0.3 is 15.1 Å². The van der Waals surface area contributed by atoms with Crippen molar-refractivity contribution in [3.05, 3.63) is 53.5 Å². The van der Waals surface area contributed by atoms with Gasteiger partial charge in [-0.15, -0.1) is 0 Å². The molecule has 3 rings (SSSR count). The lowest BCUT2D eigenvalue weighted by atomic mass is 10.4. The standard InChI is InChI=1S/C14H11BrN6O3/c15-11-3-2-10(24-11)14(23)18-6-13(22)20-9-1-4-12(17-5-9)21-8-16-7-19-21/h1-5,7-8H,6H2,(H,18,23)(H,20,22). The van der Waals surface area contributed by atoms with E-state index < -0.39 is 5.91 Å². The molecule has 10 heteroatoms. The first-order chi connectivity index (χ1) is 11.6. The summed E-state index contributed by atoms with van der Waals surface area (Å²) < 4.78 is 7.03. The molecule has 0 atom stereocenters. The summed E-state index contributed by atoms with van der Waals surface area (Å²) in [4.78, 5) is 31.6. The molecule has 9 nitrogen and oxygen atoms in total. The second-order valence-corrected chi connectivity index (χ2v) is 5.36. The van der Waals surface area contributed by atoms with Gasteiger partial charge in [0.15, 0.2) is 16.2 Å². The quantitative estimate of drug-likeness (QED) is 0.679. The third-order valence-electron chi connectivity index (χ3n) is 2.89. The Morgan fingerprint density at radius 1 is 1.25 bits per heavy atom. The third-order valence-corrected chi connectivity index (χ3v) is 3.32. The maximum absolute atomic E-state index is 11.8. The summed E-state index contributed by atoms with van der Waals surface area (Å²) in [6.45, 7) is -0.192. The van der Waals surface area contributed by atoms with E-state index in [0.717, 1.165) is 0 Å². The van der Waals surface area contributed by atoms with Crippen molar-refractivity contribution >= 4 is 33.4 Å². The number of furan rings is 1. The van der Waals surface area contributed by atoms with Crippen molar-refractivity contribution in [2.24, 2.45) is 0 Å². The number of nitrogens with one attached hydrogen (secondary N) is 2. The molecule has 0 saturated heterocycles. The number of nitrogens with zero attached hydrogens (tertiary/aromatic N) is 4. The van der Waals surface area contributed by atoms with Crippen molar-refractivity contribution in [3.63, 3.8) is 0 Å². The lowest BCUT2D eigenvalue weighted by Crippen LogP contribution is -2.32. The Labute approximate surface area is 144 Å². The molecule has 2 amide bonds. The fourth-order valence-electron chi connectivity index (χ4n) is 1.81. The second-order valence-electron chi connectivity index (χ2n) is 4.58. The highest BCUT2D eigenvalue weighted by molar-refractivity contribution is 9.10. The van der Waals surface area contributed by atoms with Gasteiger partial charge in [0.1, 0.15) is 12.7 Å². The summed E-state index contributed by atoms with van der Waals surface area (Å²) in [6, 6.07) is 6.46. The Kier molecular flexibility index (Phi) is 4.66. The van der Waals surface area contributed by atoms with Gasteiger partial charge >= 0.3 is 0 Å². The first-order valence-electron chi connectivity index (χ1n) is 6.76. The van der Waals surface area contributed by atoms with E-state index in [-0.39, 0.29) is 18.2 Å². The highest BCUT2D eigenvalue weighted by atomic mass is 79.9. The predicted molar refractivity (Wildman–Crippen MR) is 86.5 cm³/mol. The van der Waals surface area contributed by atoms with Crippen LogP contribution in [0.3, 0.4) is 0 Å². The molecule has 122 valence electrons. The van der Waals surface area contributed by atoms with Crippen LogP contribution in [0.2, 0.25) is 0 Å². The topological polar surface area (TPSA) is 115 Å². The van der Waals surface area contributed by atoms with Crippen molar-refractivity contribution in [2.75, 3.05) is 11.9 Å². The van der Waals surface area contributed by atoms with Gasteiger partial charge in [-0.1, -0.05) is 0 Å². The smallest absolute Gasteiger partial charge is 0.287 e. The maximum atomic E-state index is 11.8. The molecule has 0 radical (unpaired) electrons. The largest absolute Gasteiger partial charge is 0.444 e. The van der Waals surface area contributed by atoms with E-state index in [1.807, 2.05) is 0 Å². The average molecular weight is 391 g/mol. The van der Waals surface area contributed by atoms with Gasteiger partial charge in [-0.3, -0.25) is 9.59 Å². The Balaban J connectivity index is 1.52. The maximum Gasteiger partial charge on any atom is 0.287 e. The Morgan fingerprint density at radius 2 is 2.12 bits per heavy atom. The second kappa shape index (κ2) is 7.04. The Morgan fingerprint density at radius 3 is 2.75 bits per heavy atom. The fourth-order valence-corrected chi connectivity index (χ4v) is 2.12. The molecule has 3 aromatic heterocycles. The van der Waals surface area contributed by atoms with Crippen molar-refractivity contribution in [1.82, 2.24) is 25.1 Å². The van der Waals surface area contributed by atoms with Crippen LogP contribution < -0.4 is 10.6 Å². The van der Waals surface area contributed by atoms with Crippen molar-refractivity contribution in [3.8, 4) is 5.82 Å². The molecule has 0 bridgehead atoms. The van der Waals surface area contributed by atoms with E-state index in [0.29, 0.717) is 16.2 Å². The Hall–Kier alpha value is -3.01. The lowest BCUT2D eigenvalue weighted by molar-refractivity contribution is -0.115. The Bertz CT molecular complexity index is 844. The molecule has 0 unspecified atom stereocenters. The van der Waals surface area contributed by atoms with Crippen LogP contribution in [-0.4, -0.2) is 38.1 Å². The zero-order chi connectivity index (χ0) is 16.9. The zero-order valence-corrected chi connectivity index (χ0v) is 13.7. The van der Waals surface area contributed by atoms with Crippen LogP contribution in [0.25, 0.3) is 5.82 Å². The molecule has 0 fully saturated rings. The molecule has 0 saturated carbocycles. The number of pyridine rings is 1. The van der Waals surface area contributed by atoms with Crippen LogP contribution >= 0.6 is 15.9 Å². The number of aromatic nitrogens is 4.